The Morgan fingerprint density at radius 1 is 0.742 bits per heavy atom. The van der Waals surface area contributed by atoms with E-state index < -0.39 is 0 Å². The number of nitrogens with zero attached hydrogens (tertiary/aromatic N) is 1. The summed E-state index contributed by atoms with van der Waals surface area (Å²) in [6, 6.07) is 30.2. The molecular formula is C29H33NO. The highest BCUT2D eigenvalue weighted by atomic mass is 16.5. The van der Waals surface area contributed by atoms with Crippen LogP contribution in [-0.2, 0) is 0 Å². The lowest BCUT2D eigenvalue weighted by atomic mass is 9.87. The SMILES string of the molecule is CCCC(=C(c1ccccc1)c1ccccc1)c1ccc(OCCN2CCCC2)cc1. The Hall–Kier alpha value is -2.84. The largest absolute Gasteiger partial charge is 0.492 e. The van der Waals surface area contributed by atoms with Crippen LogP contribution >= 0.6 is 0 Å². The molecule has 0 saturated carbocycles. The molecule has 0 radical (unpaired) electrons. The van der Waals surface area contributed by atoms with Gasteiger partial charge < -0.3 is 4.74 Å². The molecule has 2 heteroatoms. The number of benzene rings is 3. The average molecular weight is 412 g/mol. The average Bonchev–Trinajstić information content (AvgIpc) is 3.34. The summed E-state index contributed by atoms with van der Waals surface area (Å²) in [6.07, 6.45) is 4.79. The predicted octanol–water partition coefficient (Wildman–Crippen LogP) is 6.92. The summed E-state index contributed by atoms with van der Waals surface area (Å²) in [5.74, 6) is 0.958. The predicted molar refractivity (Wildman–Crippen MR) is 131 cm³/mol. The lowest BCUT2D eigenvalue weighted by molar-refractivity contribution is 0.238. The van der Waals surface area contributed by atoms with E-state index in [0.29, 0.717) is 0 Å². The lowest BCUT2D eigenvalue weighted by Gasteiger charge is -2.18. The van der Waals surface area contributed by atoms with Gasteiger partial charge in [-0.2, -0.15) is 0 Å². The van der Waals surface area contributed by atoms with Crippen LogP contribution in [0.4, 0.5) is 0 Å². The van der Waals surface area contributed by atoms with Crippen molar-refractivity contribution >= 4 is 11.1 Å². The molecule has 0 aromatic heterocycles. The van der Waals surface area contributed by atoms with E-state index >= 15 is 0 Å². The molecule has 1 fully saturated rings. The van der Waals surface area contributed by atoms with Crippen LogP contribution in [0.15, 0.2) is 84.9 Å². The van der Waals surface area contributed by atoms with E-state index in [2.05, 4.69) is 96.8 Å². The van der Waals surface area contributed by atoms with E-state index in [9.17, 15) is 0 Å². The molecule has 0 unspecified atom stereocenters. The Morgan fingerprint density at radius 2 is 1.32 bits per heavy atom. The smallest absolute Gasteiger partial charge is 0.119 e. The van der Waals surface area contributed by atoms with Crippen molar-refractivity contribution in [1.82, 2.24) is 4.90 Å². The van der Waals surface area contributed by atoms with Crippen molar-refractivity contribution in [3.63, 3.8) is 0 Å². The molecule has 0 aliphatic carbocycles. The molecule has 3 aromatic carbocycles. The maximum atomic E-state index is 6.03. The van der Waals surface area contributed by atoms with Crippen LogP contribution in [0.5, 0.6) is 5.75 Å². The summed E-state index contributed by atoms with van der Waals surface area (Å²) in [5, 5.41) is 0. The van der Waals surface area contributed by atoms with Gasteiger partial charge in [-0.25, -0.2) is 0 Å². The summed E-state index contributed by atoms with van der Waals surface area (Å²) >= 11 is 0. The molecule has 2 nitrogen and oxygen atoms in total. The highest BCUT2D eigenvalue weighted by Gasteiger charge is 2.14. The summed E-state index contributed by atoms with van der Waals surface area (Å²) in [7, 11) is 0. The minimum absolute atomic E-state index is 0.760. The minimum atomic E-state index is 0.760. The summed E-state index contributed by atoms with van der Waals surface area (Å²) in [5.41, 5.74) is 6.52. The quantitative estimate of drug-likeness (QED) is 0.354. The third kappa shape index (κ3) is 5.65. The zero-order valence-corrected chi connectivity index (χ0v) is 18.6. The molecule has 0 N–H and O–H groups in total. The van der Waals surface area contributed by atoms with Crippen molar-refractivity contribution in [3.8, 4) is 5.75 Å². The van der Waals surface area contributed by atoms with Gasteiger partial charge in [-0.3, -0.25) is 4.90 Å². The van der Waals surface area contributed by atoms with Crippen molar-refractivity contribution in [2.24, 2.45) is 0 Å². The Labute approximate surface area is 187 Å². The van der Waals surface area contributed by atoms with Gasteiger partial charge in [0, 0.05) is 6.54 Å². The fourth-order valence-corrected chi connectivity index (χ4v) is 4.44. The van der Waals surface area contributed by atoms with Crippen molar-refractivity contribution in [2.75, 3.05) is 26.2 Å². The molecule has 3 aromatic rings. The van der Waals surface area contributed by atoms with Crippen LogP contribution in [-0.4, -0.2) is 31.1 Å². The molecule has 160 valence electrons. The standard InChI is InChI=1S/C29H33NO/c1-2-11-28(29(25-12-5-3-6-13-25)26-14-7-4-8-15-26)24-16-18-27(19-17-24)31-23-22-30-20-9-10-21-30/h3-8,12-19H,2,9-11,20-23H2,1H3. The van der Waals surface area contributed by atoms with Gasteiger partial charge in [-0.15, -0.1) is 0 Å². The molecule has 0 bridgehead atoms. The summed E-state index contributed by atoms with van der Waals surface area (Å²) in [6.45, 7) is 6.47. The van der Waals surface area contributed by atoms with E-state index in [-0.39, 0.29) is 0 Å². The minimum Gasteiger partial charge on any atom is -0.492 e. The van der Waals surface area contributed by atoms with Gasteiger partial charge in [-0.1, -0.05) is 86.1 Å². The normalized spacial score (nSPS) is 13.8. The van der Waals surface area contributed by atoms with Crippen LogP contribution < -0.4 is 4.74 Å². The second-order valence-corrected chi connectivity index (χ2v) is 8.26. The van der Waals surface area contributed by atoms with Gasteiger partial charge in [0.1, 0.15) is 12.4 Å². The van der Waals surface area contributed by atoms with E-state index in [1.165, 1.54) is 53.8 Å². The van der Waals surface area contributed by atoms with E-state index in [1.54, 1.807) is 0 Å². The Bertz CT molecular complexity index is 913. The van der Waals surface area contributed by atoms with Crippen molar-refractivity contribution in [1.29, 1.82) is 0 Å². The fourth-order valence-electron chi connectivity index (χ4n) is 4.44. The Balaban J connectivity index is 1.61. The highest BCUT2D eigenvalue weighted by Crippen LogP contribution is 2.35. The van der Waals surface area contributed by atoms with Gasteiger partial charge in [0.2, 0.25) is 0 Å². The third-order valence-electron chi connectivity index (χ3n) is 6.00. The Kier molecular flexibility index (Phi) is 7.57. The molecule has 0 spiro atoms. The molecule has 31 heavy (non-hydrogen) atoms. The highest BCUT2D eigenvalue weighted by molar-refractivity contribution is 5.98. The number of hydrogen-bond acceptors (Lipinski definition) is 2. The monoisotopic (exact) mass is 411 g/mol. The molecule has 4 rings (SSSR count). The van der Waals surface area contributed by atoms with Crippen LogP contribution in [0.2, 0.25) is 0 Å². The number of ether oxygens (including phenoxy) is 1. The first kappa shape index (κ1) is 21.4. The number of likely N-dealkylation sites (tertiary alicyclic amines) is 1. The zero-order valence-electron chi connectivity index (χ0n) is 18.6. The van der Waals surface area contributed by atoms with Crippen LogP contribution in [0, 0.1) is 0 Å². The molecule has 1 saturated heterocycles. The topological polar surface area (TPSA) is 12.5 Å². The van der Waals surface area contributed by atoms with Crippen LogP contribution in [0.3, 0.4) is 0 Å². The van der Waals surface area contributed by atoms with Crippen LogP contribution in [0.25, 0.3) is 11.1 Å². The zero-order chi connectivity index (χ0) is 21.3. The van der Waals surface area contributed by atoms with Crippen LogP contribution in [0.1, 0.15) is 49.3 Å². The summed E-state index contributed by atoms with van der Waals surface area (Å²) < 4.78 is 6.03. The molecular weight excluding hydrogens is 378 g/mol. The molecule has 0 atom stereocenters. The van der Waals surface area contributed by atoms with E-state index in [4.69, 9.17) is 4.74 Å². The fraction of sp³-hybridized carbons (Fsp3) is 0.310. The van der Waals surface area contributed by atoms with Gasteiger partial charge in [-0.05, 0) is 72.3 Å². The maximum absolute atomic E-state index is 6.03. The van der Waals surface area contributed by atoms with Gasteiger partial charge in [0.15, 0.2) is 0 Å². The first-order valence-corrected chi connectivity index (χ1v) is 11.6. The van der Waals surface area contributed by atoms with Crippen molar-refractivity contribution in [2.45, 2.75) is 32.6 Å². The number of rotatable bonds is 9. The second-order valence-electron chi connectivity index (χ2n) is 8.26. The number of hydrogen-bond donors (Lipinski definition) is 0. The number of allylic oxidation sites excluding steroid dienone is 1. The van der Waals surface area contributed by atoms with Crippen molar-refractivity contribution < 1.29 is 4.74 Å². The van der Waals surface area contributed by atoms with Gasteiger partial charge in [0.25, 0.3) is 0 Å². The maximum Gasteiger partial charge on any atom is 0.119 e. The summed E-state index contributed by atoms with van der Waals surface area (Å²) in [4.78, 5) is 2.49. The second kappa shape index (κ2) is 11.0. The van der Waals surface area contributed by atoms with E-state index in [1.807, 2.05) is 0 Å². The van der Waals surface area contributed by atoms with Gasteiger partial charge in [0.05, 0.1) is 0 Å². The molecule has 1 aliphatic rings. The van der Waals surface area contributed by atoms with Crippen molar-refractivity contribution in [3.05, 3.63) is 102 Å². The van der Waals surface area contributed by atoms with E-state index in [0.717, 1.165) is 31.7 Å². The first-order chi connectivity index (χ1) is 15.3. The lowest BCUT2D eigenvalue weighted by Crippen LogP contribution is -2.25. The molecule has 0 amide bonds. The molecule has 1 heterocycles. The third-order valence-corrected chi connectivity index (χ3v) is 6.00. The Morgan fingerprint density at radius 3 is 1.87 bits per heavy atom. The first-order valence-electron chi connectivity index (χ1n) is 11.6. The van der Waals surface area contributed by atoms with Gasteiger partial charge >= 0.3 is 0 Å². The molecule has 1 aliphatic heterocycles.